The van der Waals surface area contributed by atoms with Crippen molar-refractivity contribution in [2.45, 2.75) is 31.9 Å². The Morgan fingerprint density at radius 1 is 1.69 bits per heavy atom. The Kier molecular flexibility index (Phi) is 5.73. The van der Waals surface area contributed by atoms with Gasteiger partial charge >= 0.3 is 0 Å². The van der Waals surface area contributed by atoms with Crippen molar-refractivity contribution in [2.24, 2.45) is 5.73 Å². The van der Waals surface area contributed by atoms with E-state index in [9.17, 15) is 4.79 Å². The second kappa shape index (κ2) is 6.83. The first-order chi connectivity index (χ1) is 7.63. The van der Waals surface area contributed by atoms with Gasteiger partial charge in [0.05, 0.1) is 12.7 Å². The van der Waals surface area contributed by atoms with Gasteiger partial charge < -0.3 is 15.8 Å². The van der Waals surface area contributed by atoms with Crippen LogP contribution in [0.25, 0.3) is 0 Å². The molecule has 2 unspecified atom stereocenters. The van der Waals surface area contributed by atoms with Crippen LogP contribution >= 0.6 is 0 Å². The zero-order valence-electron chi connectivity index (χ0n) is 10.2. The van der Waals surface area contributed by atoms with Gasteiger partial charge in [0.2, 0.25) is 5.91 Å². The fourth-order valence-corrected chi connectivity index (χ4v) is 1.84. The summed E-state index contributed by atoms with van der Waals surface area (Å²) in [4.78, 5) is 13.4. The number of nitrogens with one attached hydrogen (secondary N) is 1. The van der Waals surface area contributed by atoms with Crippen LogP contribution in [0.3, 0.4) is 0 Å². The Hall–Kier alpha value is -0.650. The molecule has 1 heterocycles. The van der Waals surface area contributed by atoms with Crippen LogP contribution in [0, 0.1) is 0 Å². The lowest BCUT2D eigenvalue weighted by Crippen LogP contribution is -2.49. The average Bonchev–Trinajstić information content (AvgIpc) is 2.29. The van der Waals surface area contributed by atoms with Crippen molar-refractivity contribution in [1.29, 1.82) is 0 Å². The van der Waals surface area contributed by atoms with Crippen LogP contribution in [-0.4, -0.2) is 56.2 Å². The number of nitrogens with zero attached hydrogens (tertiary/aromatic N) is 1. The van der Waals surface area contributed by atoms with E-state index in [1.165, 1.54) is 0 Å². The number of carbonyl (C=O) groups is 1. The molecule has 16 heavy (non-hydrogen) atoms. The summed E-state index contributed by atoms with van der Waals surface area (Å²) in [5.41, 5.74) is 5.81. The Labute approximate surface area is 97.3 Å². The molecule has 0 spiro atoms. The SMILES string of the molecule is CNC(=O)CCCN1CCOC(C(C)N)C1. The Morgan fingerprint density at radius 2 is 2.44 bits per heavy atom. The second-order valence-electron chi connectivity index (χ2n) is 4.35. The molecule has 0 bridgehead atoms. The van der Waals surface area contributed by atoms with Crippen molar-refractivity contribution >= 4 is 5.91 Å². The van der Waals surface area contributed by atoms with Gasteiger partial charge in [-0.05, 0) is 19.9 Å². The van der Waals surface area contributed by atoms with Gasteiger partial charge in [-0.2, -0.15) is 0 Å². The molecular weight excluding hydrogens is 206 g/mol. The maximum atomic E-state index is 11.1. The zero-order chi connectivity index (χ0) is 12.0. The normalized spacial score (nSPS) is 24.1. The van der Waals surface area contributed by atoms with E-state index in [1.807, 2.05) is 6.92 Å². The first-order valence-electron chi connectivity index (χ1n) is 5.93. The van der Waals surface area contributed by atoms with Crippen molar-refractivity contribution < 1.29 is 9.53 Å². The van der Waals surface area contributed by atoms with E-state index >= 15 is 0 Å². The number of nitrogens with two attached hydrogens (primary N) is 1. The van der Waals surface area contributed by atoms with Crippen LogP contribution in [-0.2, 0) is 9.53 Å². The lowest BCUT2D eigenvalue weighted by molar-refractivity contribution is -0.120. The molecule has 5 nitrogen and oxygen atoms in total. The van der Waals surface area contributed by atoms with Crippen LogP contribution in [0.2, 0.25) is 0 Å². The molecule has 0 aromatic heterocycles. The number of amides is 1. The summed E-state index contributed by atoms with van der Waals surface area (Å²) in [6.45, 7) is 5.48. The van der Waals surface area contributed by atoms with E-state index in [1.54, 1.807) is 7.05 Å². The van der Waals surface area contributed by atoms with Gasteiger partial charge in [0.15, 0.2) is 0 Å². The number of morpholine rings is 1. The summed E-state index contributed by atoms with van der Waals surface area (Å²) in [5, 5.41) is 2.63. The Balaban J connectivity index is 2.19. The predicted octanol–water partition coefficient (Wildman–Crippen LogP) is -0.439. The van der Waals surface area contributed by atoms with E-state index in [4.69, 9.17) is 10.5 Å². The molecule has 1 saturated heterocycles. The largest absolute Gasteiger partial charge is 0.374 e. The molecule has 1 fully saturated rings. The van der Waals surface area contributed by atoms with Crippen molar-refractivity contribution in [3.8, 4) is 0 Å². The van der Waals surface area contributed by atoms with Gasteiger partial charge in [0, 0.05) is 32.6 Å². The minimum absolute atomic E-state index is 0.0711. The molecule has 1 aliphatic rings. The molecule has 0 aromatic carbocycles. The molecule has 2 atom stereocenters. The van der Waals surface area contributed by atoms with E-state index in [2.05, 4.69) is 10.2 Å². The smallest absolute Gasteiger partial charge is 0.219 e. The number of ether oxygens (including phenoxy) is 1. The Morgan fingerprint density at radius 3 is 3.06 bits per heavy atom. The van der Waals surface area contributed by atoms with E-state index in [-0.39, 0.29) is 18.1 Å². The van der Waals surface area contributed by atoms with Crippen LogP contribution in [0.5, 0.6) is 0 Å². The number of hydrogen-bond acceptors (Lipinski definition) is 4. The van der Waals surface area contributed by atoms with E-state index in [0.29, 0.717) is 6.42 Å². The van der Waals surface area contributed by atoms with Crippen LogP contribution in [0.4, 0.5) is 0 Å². The molecule has 1 aliphatic heterocycles. The maximum absolute atomic E-state index is 11.1. The predicted molar refractivity (Wildman–Crippen MR) is 63.1 cm³/mol. The molecule has 3 N–H and O–H groups in total. The van der Waals surface area contributed by atoms with Gasteiger partial charge in [-0.3, -0.25) is 9.69 Å². The highest BCUT2D eigenvalue weighted by atomic mass is 16.5. The third-order valence-corrected chi connectivity index (χ3v) is 2.92. The van der Waals surface area contributed by atoms with Gasteiger partial charge in [0.1, 0.15) is 0 Å². The first-order valence-corrected chi connectivity index (χ1v) is 5.93. The van der Waals surface area contributed by atoms with Crippen LogP contribution < -0.4 is 11.1 Å². The average molecular weight is 229 g/mol. The summed E-state index contributed by atoms with van der Waals surface area (Å²) in [6.07, 6.45) is 1.62. The van der Waals surface area contributed by atoms with Gasteiger partial charge in [0.25, 0.3) is 0 Å². The molecule has 5 heteroatoms. The number of rotatable bonds is 5. The summed E-state index contributed by atoms with van der Waals surface area (Å²) in [5.74, 6) is 0.108. The van der Waals surface area contributed by atoms with Crippen molar-refractivity contribution in [1.82, 2.24) is 10.2 Å². The standard InChI is InChI=1S/C11H23N3O2/c1-9(12)10-8-14(6-7-16-10)5-3-4-11(15)13-2/h9-10H,3-8,12H2,1-2H3,(H,13,15). The third-order valence-electron chi connectivity index (χ3n) is 2.92. The summed E-state index contributed by atoms with van der Waals surface area (Å²) in [6, 6.07) is 0.0711. The molecule has 94 valence electrons. The molecule has 0 aliphatic carbocycles. The summed E-state index contributed by atoms with van der Waals surface area (Å²) >= 11 is 0. The summed E-state index contributed by atoms with van der Waals surface area (Å²) < 4.78 is 5.57. The minimum Gasteiger partial charge on any atom is -0.374 e. The lowest BCUT2D eigenvalue weighted by Gasteiger charge is -2.34. The molecule has 1 amide bonds. The fraction of sp³-hybridized carbons (Fsp3) is 0.909. The molecular formula is C11H23N3O2. The fourth-order valence-electron chi connectivity index (χ4n) is 1.84. The second-order valence-corrected chi connectivity index (χ2v) is 4.35. The maximum Gasteiger partial charge on any atom is 0.219 e. The Bertz CT molecular complexity index is 221. The molecule has 1 rings (SSSR count). The quantitative estimate of drug-likeness (QED) is 0.671. The zero-order valence-corrected chi connectivity index (χ0v) is 10.2. The van der Waals surface area contributed by atoms with E-state index < -0.39 is 0 Å². The highest BCUT2D eigenvalue weighted by Gasteiger charge is 2.22. The van der Waals surface area contributed by atoms with Crippen LogP contribution in [0.1, 0.15) is 19.8 Å². The molecule has 0 radical (unpaired) electrons. The topological polar surface area (TPSA) is 67.6 Å². The monoisotopic (exact) mass is 229 g/mol. The highest BCUT2D eigenvalue weighted by molar-refractivity contribution is 5.75. The number of hydrogen-bond donors (Lipinski definition) is 2. The first kappa shape index (κ1) is 13.4. The van der Waals surface area contributed by atoms with E-state index in [0.717, 1.165) is 32.7 Å². The number of carbonyl (C=O) groups excluding carboxylic acids is 1. The summed E-state index contributed by atoms with van der Waals surface area (Å²) in [7, 11) is 1.67. The van der Waals surface area contributed by atoms with Gasteiger partial charge in [-0.25, -0.2) is 0 Å². The lowest BCUT2D eigenvalue weighted by atomic mass is 10.1. The third kappa shape index (κ3) is 4.47. The molecule has 0 aromatic rings. The molecule has 0 saturated carbocycles. The minimum atomic E-state index is 0.0711. The van der Waals surface area contributed by atoms with Crippen molar-refractivity contribution in [3.63, 3.8) is 0 Å². The van der Waals surface area contributed by atoms with Crippen molar-refractivity contribution in [2.75, 3.05) is 33.3 Å². The van der Waals surface area contributed by atoms with Crippen LogP contribution in [0.15, 0.2) is 0 Å². The van der Waals surface area contributed by atoms with Crippen molar-refractivity contribution in [3.05, 3.63) is 0 Å². The van der Waals surface area contributed by atoms with Gasteiger partial charge in [-0.15, -0.1) is 0 Å². The van der Waals surface area contributed by atoms with Gasteiger partial charge in [-0.1, -0.05) is 0 Å². The highest BCUT2D eigenvalue weighted by Crippen LogP contribution is 2.08.